The van der Waals surface area contributed by atoms with Gasteiger partial charge in [-0.15, -0.1) is 0 Å². The Bertz CT molecular complexity index is 2750. The SMILES string of the molecule is CC1(C)c2ccccc2-c2ccc(-c3c4ccccc4cc4c3oc3cc(C(c5ccccc5)c5ccc(-c6ccccc6)cc5)ccc34)cc21. The molecule has 0 fully saturated rings. The van der Waals surface area contributed by atoms with E-state index in [1.165, 1.54) is 66.4 Å². The summed E-state index contributed by atoms with van der Waals surface area (Å²) in [6, 6.07) is 64.2. The summed E-state index contributed by atoms with van der Waals surface area (Å²) in [7, 11) is 0. The predicted molar refractivity (Wildman–Crippen MR) is 213 cm³/mol. The smallest absolute Gasteiger partial charge is 0.143 e. The average Bonchev–Trinajstić information content (AvgIpc) is 3.65. The largest absolute Gasteiger partial charge is 0.455 e. The van der Waals surface area contributed by atoms with E-state index in [1.807, 2.05) is 0 Å². The molecule has 1 unspecified atom stereocenters. The van der Waals surface area contributed by atoms with E-state index in [0.717, 1.165) is 27.5 Å². The monoisotopic (exact) mass is 652 g/mol. The first kappa shape index (κ1) is 29.7. The van der Waals surface area contributed by atoms with Crippen LogP contribution in [0.1, 0.15) is 47.6 Å². The minimum absolute atomic E-state index is 0.0627. The van der Waals surface area contributed by atoms with Gasteiger partial charge in [0.1, 0.15) is 11.2 Å². The highest BCUT2D eigenvalue weighted by atomic mass is 16.3. The van der Waals surface area contributed by atoms with E-state index in [1.54, 1.807) is 0 Å². The fourth-order valence-electron chi connectivity index (χ4n) is 8.64. The van der Waals surface area contributed by atoms with Gasteiger partial charge in [0.15, 0.2) is 0 Å². The van der Waals surface area contributed by atoms with Crippen molar-refractivity contribution in [3.05, 3.63) is 204 Å². The summed E-state index contributed by atoms with van der Waals surface area (Å²) in [5.74, 6) is 0.0627. The van der Waals surface area contributed by atoms with Crippen molar-refractivity contribution in [2.75, 3.05) is 0 Å². The number of hydrogen-bond acceptors (Lipinski definition) is 1. The van der Waals surface area contributed by atoms with Gasteiger partial charge in [0.05, 0.1) is 0 Å². The van der Waals surface area contributed by atoms with Crippen LogP contribution >= 0.6 is 0 Å². The summed E-state index contributed by atoms with van der Waals surface area (Å²) in [5.41, 5.74) is 15.7. The molecule has 51 heavy (non-hydrogen) atoms. The molecule has 1 nitrogen and oxygen atoms in total. The molecule has 0 saturated carbocycles. The van der Waals surface area contributed by atoms with Crippen molar-refractivity contribution in [2.45, 2.75) is 25.2 Å². The molecular weight excluding hydrogens is 617 g/mol. The molecule has 0 aliphatic heterocycles. The zero-order chi connectivity index (χ0) is 34.1. The van der Waals surface area contributed by atoms with Crippen LogP contribution in [-0.4, -0.2) is 0 Å². The number of hydrogen-bond donors (Lipinski definition) is 0. The Morgan fingerprint density at radius 2 is 1.06 bits per heavy atom. The maximum Gasteiger partial charge on any atom is 0.143 e. The Morgan fingerprint density at radius 1 is 0.431 bits per heavy atom. The van der Waals surface area contributed by atoms with Gasteiger partial charge in [-0.25, -0.2) is 0 Å². The van der Waals surface area contributed by atoms with Gasteiger partial charge in [-0.3, -0.25) is 0 Å². The van der Waals surface area contributed by atoms with Crippen molar-refractivity contribution < 1.29 is 4.42 Å². The van der Waals surface area contributed by atoms with Gasteiger partial charge in [0.25, 0.3) is 0 Å². The Morgan fingerprint density at radius 3 is 1.88 bits per heavy atom. The molecule has 1 heteroatoms. The standard InChI is InChI=1S/C50H36O/c1-50(2)44-20-12-11-19-40(44)41-27-25-37(30-45(41)50)48-39-18-10-9-17-36(39)29-43-42-28-26-38(31-46(42)51-49(43)48)47(34-15-7-4-8-16-34)35-23-21-33(22-24-35)32-13-5-3-6-14-32/h3-31,47H,1-2H3. The van der Waals surface area contributed by atoms with Crippen LogP contribution in [0.25, 0.3) is 66.1 Å². The molecule has 8 aromatic carbocycles. The third-order valence-electron chi connectivity index (χ3n) is 11.2. The van der Waals surface area contributed by atoms with Crippen LogP contribution in [0, 0.1) is 0 Å². The first-order valence-electron chi connectivity index (χ1n) is 17.9. The van der Waals surface area contributed by atoms with Crippen molar-refractivity contribution in [1.82, 2.24) is 0 Å². The van der Waals surface area contributed by atoms with Crippen molar-refractivity contribution in [2.24, 2.45) is 0 Å². The van der Waals surface area contributed by atoms with Crippen LogP contribution in [0.4, 0.5) is 0 Å². The van der Waals surface area contributed by atoms with Gasteiger partial charge < -0.3 is 4.42 Å². The number of fused-ring (bicyclic) bond motifs is 7. The molecule has 1 aliphatic rings. The molecule has 0 N–H and O–H groups in total. The minimum atomic E-state index is -0.0832. The maximum absolute atomic E-state index is 7.02. The Labute approximate surface area is 298 Å². The van der Waals surface area contributed by atoms with Crippen LogP contribution in [0.15, 0.2) is 180 Å². The van der Waals surface area contributed by atoms with E-state index in [0.29, 0.717) is 0 Å². The maximum atomic E-state index is 7.02. The number of benzene rings is 8. The molecule has 1 aliphatic carbocycles. The molecule has 242 valence electrons. The summed E-state index contributed by atoms with van der Waals surface area (Å²) < 4.78 is 7.02. The van der Waals surface area contributed by atoms with E-state index >= 15 is 0 Å². The Balaban J connectivity index is 1.15. The van der Waals surface area contributed by atoms with Crippen molar-refractivity contribution in [1.29, 1.82) is 0 Å². The van der Waals surface area contributed by atoms with Gasteiger partial charge in [-0.2, -0.15) is 0 Å². The molecule has 1 heterocycles. The van der Waals surface area contributed by atoms with Crippen LogP contribution in [0.2, 0.25) is 0 Å². The normalized spacial score (nSPS) is 13.8. The van der Waals surface area contributed by atoms with Crippen molar-refractivity contribution in [3.8, 4) is 33.4 Å². The third-order valence-corrected chi connectivity index (χ3v) is 11.2. The lowest BCUT2D eigenvalue weighted by molar-refractivity contribution is 0.660. The molecule has 10 rings (SSSR count). The summed E-state index contributed by atoms with van der Waals surface area (Å²) in [6.07, 6.45) is 0. The van der Waals surface area contributed by atoms with Crippen molar-refractivity contribution in [3.63, 3.8) is 0 Å². The van der Waals surface area contributed by atoms with E-state index in [9.17, 15) is 0 Å². The first-order chi connectivity index (χ1) is 25.0. The molecule has 1 atom stereocenters. The second-order valence-electron chi connectivity index (χ2n) is 14.5. The van der Waals surface area contributed by atoms with Gasteiger partial charge in [0, 0.05) is 27.7 Å². The Hall–Kier alpha value is -6.18. The zero-order valence-corrected chi connectivity index (χ0v) is 28.7. The van der Waals surface area contributed by atoms with Crippen molar-refractivity contribution >= 4 is 32.7 Å². The molecule has 0 spiro atoms. The zero-order valence-electron chi connectivity index (χ0n) is 28.7. The molecule has 1 aromatic heterocycles. The van der Waals surface area contributed by atoms with E-state index in [-0.39, 0.29) is 11.3 Å². The Kier molecular flexibility index (Phi) is 6.66. The fraction of sp³-hybridized carbons (Fsp3) is 0.0800. The molecular formula is C50H36O. The number of rotatable bonds is 5. The van der Waals surface area contributed by atoms with E-state index in [2.05, 4.69) is 190 Å². The average molecular weight is 653 g/mol. The lowest BCUT2D eigenvalue weighted by atomic mass is 9.81. The highest BCUT2D eigenvalue weighted by Gasteiger charge is 2.35. The van der Waals surface area contributed by atoms with Gasteiger partial charge >= 0.3 is 0 Å². The van der Waals surface area contributed by atoms with Crippen LogP contribution in [0.3, 0.4) is 0 Å². The second kappa shape index (κ2) is 11.4. The quantitative estimate of drug-likeness (QED) is 0.169. The number of furan rings is 1. The second-order valence-corrected chi connectivity index (χ2v) is 14.5. The lowest BCUT2D eigenvalue weighted by Gasteiger charge is -2.22. The first-order valence-corrected chi connectivity index (χ1v) is 17.9. The van der Waals surface area contributed by atoms with Crippen LogP contribution in [-0.2, 0) is 5.41 Å². The van der Waals surface area contributed by atoms with E-state index < -0.39 is 0 Å². The van der Waals surface area contributed by atoms with E-state index in [4.69, 9.17) is 4.42 Å². The minimum Gasteiger partial charge on any atom is -0.455 e. The molecule has 0 saturated heterocycles. The van der Waals surface area contributed by atoms with Gasteiger partial charge in [0.2, 0.25) is 0 Å². The summed E-state index contributed by atoms with van der Waals surface area (Å²) in [6.45, 7) is 4.70. The van der Waals surface area contributed by atoms with Crippen LogP contribution < -0.4 is 0 Å². The molecule has 0 bridgehead atoms. The van der Waals surface area contributed by atoms with Crippen LogP contribution in [0.5, 0.6) is 0 Å². The third kappa shape index (κ3) is 4.69. The highest BCUT2D eigenvalue weighted by Crippen LogP contribution is 2.51. The predicted octanol–water partition coefficient (Wildman–Crippen LogP) is 13.6. The molecule has 0 amide bonds. The summed E-state index contributed by atoms with van der Waals surface area (Å²) in [4.78, 5) is 0. The fourth-order valence-corrected chi connectivity index (χ4v) is 8.64. The van der Waals surface area contributed by atoms with Gasteiger partial charge in [-0.1, -0.05) is 172 Å². The summed E-state index contributed by atoms with van der Waals surface area (Å²) >= 11 is 0. The highest BCUT2D eigenvalue weighted by molar-refractivity contribution is 6.18. The summed E-state index contributed by atoms with van der Waals surface area (Å²) in [5, 5.41) is 4.71. The molecule has 9 aromatic rings. The molecule has 0 radical (unpaired) electrons. The lowest BCUT2D eigenvalue weighted by Crippen LogP contribution is -2.14. The topological polar surface area (TPSA) is 13.1 Å². The van der Waals surface area contributed by atoms with Gasteiger partial charge in [-0.05, 0) is 84.6 Å².